The fourth-order valence-corrected chi connectivity index (χ4v) is 2.97. The average Bonchev–Trinajstić information content (AvgIpc) is 2.84. The lowest BCUT2D eigenvalue weighted by Crippen LogP contribution is -1.94. The summed E-state index contributed by atoms with van der Waals surface area (Å²) in [7, 11) is 0. The van der Waals surface area contributed by atoms with E-state index < -0.39 is 5.24 Å². The first-order valence-corrected chi connectivity index (χ1v) is 7.68. The molecule has 0 amide bonds. The van der Waals surface area contributed by atoms with Gasteiger partial charge in [-0.15, -0.1) is 0 Å². The SMILES string of the molecule is O=C(Cl)Cc1ccc(-c2nc3cc(Cl)cc(Cl)c3o2)cc1Cl. The van der Waals surface area contributed by atoms with E-state index in [9.17, 15) is 4.79 Å². The summed E-state index contributed by atoms with van der Waals surface area (Å²) in [4.78, 5) is 15.3. The molecule has 1 aromatic heterocycles. The third-order valence-electron chi connectivity index (χ3n) is 3.04. The highest BCUT2D eigenvalue weighted by atomic mass is 35.5. The van der Waals surface area contributed by atoms with E-state index in [1.165, 1.54) is 0 Å². The first-order valence-electron chi connectivity index (χ1n) is 6.17. The molecule has 7 heteroatoms. The minimum absolute atomic E-state index is 0.0651. The molecule has 0 aliphatic carbocycles. The summed E-state index contributed by atoms with van der Waals surface area (Å²) in [6, 6.07) is 8.38. The molecule has 0 atom stereocenters. The molecular formula is C15H7Cl4NO2. The zero-order valence-corrected chi connectivity index (χ0v) is 13.9. The van der Waals surface area contributed by atoms with Gasteiger partial charge in [-0.1, -0.05) is 40.9 Å². The van der Waals surface area contributed by atoms with E-state index in [0.717, 1.165) is 0 Å². The van der Waals surface area contributed by atoms with E-state index in [2.05, 4.69) is 4.98 Å². The Morgan fingerprint density at radius 3 is 2.55 bits per heavy atom. The van der Waals surface area contributed by atoms with Crippen LogP contribution in [0.1, 0.15) is 5.56 Å². The molecule has 0 N–H and O–H groups in total. The number of hydrogen-bond donors (Lipinski definition) is 0. The van der Waals surface area contributed by atoms with Gasteiger partial charge in [0.2, 0.25) is 11.1 Å². The molecule has 112 valence electrons. The topological polar surface area (TPSA) is 43.1 Å². The van der Waals surface area contributed by atoms with Crippen LogP contribution in [0.25, 0.3) is 22.6 Å². The predicted molar refractivity (Wildman–Crippen MR) is 89.0 cm³/mol. The van der Waals surface area contributed by atoms with Crippen LogP contribution in [0, 0.1) is 0 Å². The molecule has 0 fully saturated rings. The molecular weight excluding hydrogens is 368 g/mol. The summed E-state index contributed by atoms with van der Waals surface area (Å²) >= 11 is 23.5. The van der Waals surface area contributed by atoms with Crippen LogP contribution in [-0.4, -0.2) is 10.2 Å². The van der Waals surface area contributed by atoms with Crippen LogP contribution in [0.4, 0.5) is 0 Å². The molecule has 3 rings (SSSR count). The number of halogens is 4. The highest BCUT2D eigenvalue weighted by Gasteiger charge is 2.14. The normalized spacial score (nSPS) is 11.1. The first-order chi connectivity index (χ1) is 10.4. The van der Waals surface area contributed by atoms with Gasteiger partial charge in [0.25, 0.3) is 0 Å². The molecule has 0 bridgehead atoms. The van der Waals surface area contributed by atoms with Gasteiger partial charge >= 0.3 is 0 Å². The summed E-state index contributed by atoms with van der Waals surface area (Å²) in [5.74, 6) is 0.366. The number of benzene rings is 2. The van der Waals surface area contributed by atoms with Gasteiger partial charge in [-0.05, 0) is 41.4 Å². The zero-order chi connectivity index (χ0) is 15.9. The van der Waals surface area contributed by atoms with Gasteiger partial charge in [0.05, 0.1) is 5.02 Å². The smallest absolute Gasteiger partial charge is 0.227 e. The van der Waals surface area contributed by atoms with E-state index in [1.54, 1.807) is 30.3 Å². The van der Waals surface area contributed by atoms with E-state index in [-0.39, 0.29) is 6.42 Å². The monoisotopic (exact) mass is 373 g/mol. The van der Waals surface area contributed by atoms with Gasteiger partial charge in [-0.3, -0.25) is 4.79 Å². The lowest BCUT2D eigenvalue weighted by molar-refractivity contribution is -0.111. The summed E-state index contributed by atoms with van der Waals surface area (Å²) in [5, 5.41) is 0.805. The fraction of sp³-hybridized carbons (Fsp3) is 0.0667. The Kier molecular flexibility index (Phi) is 4.33. The van der Waals surface area contributed by atoms with Crippen molar-refractivity contribution in [3.8, 4) is 11.5 Å². The van der Waals surface area contributed by atoms with Crippen LogP contribution in [-0.2, 0) is 11.2 Å². The quantitative estimate of drug-likeness (QED) is 0.547. The molecule has 0 unspecified atom stereocenters. The Balaban J connectivity index is 2.06. The number of oxazole rings is 1. The number of carbonyl (C=O) groups is 1. The van der Waals surface area contributed by atoms with Crippen LogP contribution in [0.5, 0.6) is 0 Å². The van der Waals surface area contributed by atoms with Crippen molar-refractivity contribution in [3.05, 3.63) is 51.0 Å². The van der Waals surface area contributed by atoms with Crippen molar-refractivity contribution in [2.24, 2.45) is 0 Å². The van der Waals surface area contributed by atoms with Crippen molar-refractivity contribution < 1.29 is 9.21 Å². The van der Waals surface area contributed by atoms with Crippen molar-refractivity contribution in [2.75, 3.05) is 0 Å². The number of rotatable bonds is 3. The lowest BCUT2D eigenvalue weighted by atomic mass is 10.1. The summed E-state index contributed by atoms with van der Waals surface area (Å²) in [6.07, 6.45) is 0.0651. The van der Waals surface area contributed by atoms with Gasteiger partial charge in [0.15, 0.2) is 5.58 Å². The predicted octanol–water partition coefficient (Wildman–Crippen LogP) is 5.76. The molecule has 0 aliphatic rings. The Labute approximate surface area is 145 Å². The first kappa shape index (κ1) is 15.6. The van der Waals surface area contributed by atoms with Crippen molar-refractivity contribution >= 4 is 62.7 Å². The molecule has 22 heavy (non-hydrogen) atoms. The molecule has 0 spiro atoms. The molecule has 3 aromatic rings. The highest BCUT2D eigenvalue weighted by Crippen LogP contribution is 2.33. The molecule has 1 heterocycles. The van der Waals surface area contributed by atoms with Crippen molar-refractivity contribution in [1.29, 1.82) is 0 Å². The average molecular weight is 375 g/mol. The Bertz CT molecular complexity index is 889. The van der Waals surface area contributed by atoms with Crippen molar-refractivity contribution in [2.45, 2.75) is 6.42 Å². The number of nitrogens with zero attached hydrogens (tertiary/aromatic N) is 1. The second-order valence-corrected chi connectivity index (χ2v) is 6.27. The minimum atomic E-state index is -0.474. The second-order valence-electron chi connectivity index (χ2n) is 4.59. The van der Waals surface area contributed by atoms with E-state index >= 15 is 0 Å². The minimum Gasteiger partial charge on any atom is -0.435 e. The molecule has 0 aliphatic heterocycles. The molecule has 3 nitrogen and oxygen atoms in total. The van der Waals surface area contributed by atoms with Gasteiger partial charge in [-0.25, -0.2) is 4.98 Å². The molecule has 0 saturated carbocycles. The van der Waals surface area contributed by atoms with E-state index in [0.29, 0.717) is 43.2 Å². The van der Waals surface area contributed by atoms with E-state index in [1.807, 2.05) is 0 Å². The van der Waals surface area contributed by atoms with Gasteiger partial charge in [0, 0.05) is 22.0 Å². The Morgan fingerprint density at radius 1 is 1.09 bits per heavy atom. The third kappa shape index (κ3) is 3.08. The maximum Gasteiger partial charge on any atom is 0.227 e. The number of carbonyl (C=O) groups excluding carboxylic acids is 1. The van der Waals surface area contributed by atoms with Gasteiger partial charge in [-0.2, -0.15) is 0 Å². The molecule has 0 radical (unpaired) electrons. The number of aromatic nitrogens is 1. The van der Waals surface area contributed by atoms with Crippen molar-refractivity contribution in [1.82, 2.24) is 4.98 Å². The van der Waals surface area contributed by atoms with Crippen LogP contribution < -0.4 is 0 Å². The molecule has 2 aromatic carbocycles. The fourth-order valence-electron chi connectivity index (χ4n) is 2.06. The molecule has 0 saturated heterocycles. The maximum atomic E-state index is 11.0. The van der Waals surface area contributed by atoms with Gasteiger partial charge in [0.1, 0.15) is 5.52 Å². The second kappa shape index (κ2) is 6.09. The maximum absolute atomic E-state index is 11.0. The van der Waals surface area contributed by atoms with E-state index in [4.69, 9.17) is 50.8 Å². The lowest BCUT2D eigenvalue weighted by Gasteiger charge is -2.02. The number of hydrogen-bond acceptors (Lipinski definition) is 3. The summed E-state index contributed by atoms with van der Waals surface area (Å²) in [5.41, 5.74) is 2.32. The van der Waals surface area contributed by atoms with Crippen LogP contribution >= 0.6 is 46.4 Å². The van der Waals surface area contributed by atoms with Crippen LogP contribution in [0.3, 0.4) is 0 Å². The van der Waals surface area contributed by atoms with Gasteiger partial charge < -0.3 is 4.42 Å². The van der Waals surface area contributed by atoms with Crippen LogP contribution in [0.15, 0.2) is 34.7 Å². The van der Waals surface area contributed by atoms with Crippen LogP contribution in [0.2, 0.25) is 15.1 Å². The number of fused-ring (bicyclic) bond motifs is 1. The Morgan fingerprint density at radius 2 is 1.86 bits per heavy atom. The highest BCUT2D eigenvalue weighted by molar-refractivity contribution is 6.63. The standard InChI is InChI=1S/C15H7Cl4NO2/c16-9-5-11(18)14-12(6-9)20-15(22-14)8-2-1-7(4-13(19)21)10(17)3-8/h1-3,5-6H,4H2. The zero-order valence-electron chi connectivity index (χ0n) is 10.9. The third-order valence-corrected chi connectivity index (χ3v) is 4.02. The summed E-state index contributed by atoms with van der Waals surface area (Å²) in [6.45, 7) is 0. The summed E-state index contributed by atoms with van der Waals surface area (Å²) < 4.78 is 5.66. The largest absolute Gasteiger partial charge is 0.435 e. The van der Waals surface area contributed by atoms with Crippen molar-refractivity contribution in [3.63, 3.8) is 0 Å². The Hall–Kier alpha value is -1.26.